The van der Waals surface area contributed by atoms with Gasteiger partial charge in [0.05, 0.1) is 0 Å². The summed E-state index contributed by atoms with van der Waals surface area (Å²) in [6, 6.07) is 4.74. The third kappa shape index (κ3) is 2.12. The Morgan fingerprint density at radius 2 is 2.25 bits per heavy atom. The molecule has 0 aromatic heterocycles. The first-order chi connectivity index (χ1) is 9.61. The summed E-state index contributed by atoms with van der Waals surface area (Å²) in [5.74, 6) is 0.923. The minimum atomic E-state index is -0.284. The van der Waals surface area contributed by atoms with E-state index in [1.54, 1.807) is 13.0 Å². The van der Waals surface area contributed by atoms with Gasteiger partial charge in [-0.2, -0.15) is 0 Å². The highest BCUT2D eigenvalue weighted by Crippen LogP contribution is 2.35. The molecule has 2 heterocycles. The minimum absolute atomic E-state index is 0.0590. The van der Waals surface area contributed by atoms with Crippen molar-refractivity contribution in [3.8, 4) is 0 Å². The number of rotatable bonds is 2. The van der Waals surface area contributed by atoms with Gasteiger partial charge in [0.15, 0.2) is 0 Å². The summed E-state index contributed by atoms with van der Waals surface area (Å²) in [5.41, 5.74) is 1.36. The number of likely N-dealkylation sites (tertiary alicyclic amines) is 1. The lowest BCUT2D eigenvalue weighted by Crippen LogP contribution is -2.39. The average molecular weight is 276 g/mol. The molecule has 0 bridgehead atoms. The van der Waals surface area contributed by atoms with Crippen LogP contribution in [0.1, 0.15) is 29.3 Å². The minimum Gasteiger partial charge on any atom is -0.335 e. The van der Waals surface area contributed by atoms with E-state index in [4.69, 9.17) is 0 Å². The number of carbonyl (C=O) groups is 1. The molecule has 3 unspecified atom stereocenters. The summed E-state index contributed by atoms with van der Waals surface area (Å²) in [6.45, 7) is 6.79. The van der Waals surface area contributed by atoms with Crippen molar-refractivity contribution in [1.82, 2.24) is 10.2 Å². The van der Waals surface area contributed by atoms with Crippen molar-refractivity contribution >= 4 is 5.91 Å². The number of fused-ring (bicyclic) bond motifs is 1. The zero-order valence-corrected chi connectivity index (χ0v) is 12.0. The summed E-state index contributed by atoms with van der Waals surface area (Å²) in [4.78, 5) is 14.8. The maximum Gasteiger partial charge on any atom is 0.254 e. The first kappa shape index (κ1) is 13.6. The predicted molar refractivity (Wildman–Crippen MR) is 76.1 cm³/mol. The van der Waals surface area contributed by atoms with E-state index in [9.17, 15) is 9.18 Å². The van der Waals surface area contributed by atoms with Crippen molar-refractivity contribution in [2.24, 2.45) is 11.8 Å². The van der Waals surface area contributed by atoms with E-state index < -0.39 is 0 Å². The second-order valence-electron chi connectivity index (χ2n) is 5.97. The van der Waals surface area contributed by atoms with Crippen LogP contribution < -0.4 is 5.32 Å². The van der Waals surface area contributed by atoms with Crippen LogP contribution in [0, 0.1) is 24.6 Å². The lowest BCUT2D eigenvalue weighted by molar-refractivity contribution is 0.0711. The van der Waals surface area contributed by atoms with Gasteiger partial charge in [-0.25, -0.2) is 4.39 Å². The molecule has 108 valence electrons. The SMILES string of the molecule is CCC1C2CNCC2CN1C(=O)c1ccc(F)cc1C. The molecule has 0 aliphatic carbocycles. The molecular weight excluding hydrogens is 255 g/mol. The monoisotopic (exact) mass is 276 g/mol. The molecule has 1 amide bonds. The lowest BCUT2D eigenvalue weighted by atomic mass is 9.93. The third-order valence-corrected chi connectivity index (χ3v) is 4.82. The van der Waals surface area contributed by atoms with Crippen molar-refractivity contribution in [2.45, 2.75) is 26.3 Å². The van der Waals surface area contributed by atoms with E-state index in [1.807, 2.05) is 4.90 Å². The van der Waals surface area contributed by atoms with E-state index in [-0.39, 0.29) is 11.7 Å². The van der Waals surface area contributed by atoms with Gasteiger partial charge < -0.3 is 10.2 Å². The van der Waals surface area contributed by atoms with Gasteiger partial charge in [0.25, 0.3) is 5.91 Å². The summed E-state index contributed by atoms with van der Waals surface area (Å²) in [6.07, 6.45) is 0.981. The van der Waals surface area contributed by atoms with Crippen LogP contribution in [0.15, 0.2) is 18.2 Å². The third-order valence-electron chi connectivity index (χ3n) is 4.82. The molecule has 20 heavy (non-hydrogen) atoms. The van der Waals surface area contributed by atoms with Crippen LogP contribution in [-0.2, 0) is 0 Å². The Morgan fingerprint density at radius 1 is 1.45 bits per heavy atom. The molecule has 2 saturated heterocycles. The van der Waals surface area contributed by atoms with Crippen LogP contribution in [0.5, 0.6) is 0 Å². The summed E-state index contributed by atoms with van der Waals surface area (Å²) in [5, 5.41) is 3.42. The maximum atomic E-state index is 13.2. The van der Waals surface area contributed by atoms with Crippen LogP contribution >= 0.6 is 0 Å². The first-order valence-corrected chi connectivity index (χ1v) is 7.39. The number of amides is 1. The van der Waals surface area contributed by atoms with Gasteiger partial charge in [-0.3, -0.25) is 4.79 Å². The molecule has 2 fully saturated rings. The Morgan fingerprint density at radius 3 is 2.95 bits per heavy atom. The van der Waals surface area contributed by atoms with E-state index in [0.717, 1.165) is 31.6 Å². The lowest BCUT2D eigenvalue weighted by Gasteiger charge is -2.27. The fourth-order valence-corrected chi connectivity index (χ4v) is 3.80. The number of aryl methyl sites for hydroxylation is 1. The molecule has 1 aromatic carbocycles. The van der Waals surface area contributed by atoms with Gasteiger partial charge in [0.1, 0.15) is 5.82 Å². The van der Waals surface area contributed by atoms with Gasteiger partial charge in [-0.05, 0) is 48.9 Å². The van der Waals surface area contributed by atoms with Crippen LogP contribution in [0.2, 0.25) is 0 Å². The topological polar surface area (TPSA) is 32.3 Å². The van der Waals surface area contributed by atoms with E-state index in [1.165, 1.54) is 12.1 Å². The van der Waals surface area contributed by atoms with Crippen molar-refractivity contribution in [3.05, 3.63) is 35.1 Å². The molecular formula is C16H21FN2O. The Balaban J connectivity index is 1.86. The summed E-state index contributed by atoms with van der Waals surface area (Å²) < 4.78 is 13.2. The first-order valence-electron chi connectivity index (χ1n) is 7.39. The average Bonchev–Trinajstić information content (AvgIpc) is 2.97. The zero-order chi connectivity index (χ0) is 14.3. The van der Waals surface area contributed by atoms with Crippen molar-refractivity contribution < 1.29 is 9.18 Å². The smallest absolute Gasteiger partial charge is 0.254 e. The number of hydrogen-bond acceptors (Lipinski definition) is 2. The van der Waals surface area contributed by atoms with Gasteiger partial charge in [-0.1, -0.05) is 6.92 Å². The Labute approximate surface area is 119 Å². The van der Waals surface area contributed by atoms with Crippen LogP contribution in [0.3, 0.4) is 0 Å². The number of hydrogen-bond donors (Lipinski definition) is 1. The molecule has 0 radical (unpaired) electrons. The maximum absolute atomic E-state index is 13.2. The van der Waals surface area contributed by atoms with Gasteiger partial charge in [0.2, 0.25) is 0 Å². The fraction of sp³-hybridized carbons (Fsp3) is 0.562. The number of halogens is 1. The zero-order valence-electron chi connectivity index (χ0n) is 12.0. The van der Waals surface area contributed by atoms with Crippen LogP contribution in [0.4, 0.5) is 4.39 Å². The Kier molecular flexibility index (Phi) is 3.50. The van der Waals surface area contributed by atoms with E-state index in [2.05, 4.69) is 12.2 Å². The van der Waals surface area contributed by atoms with Gasteiger partial charge >= 0.3 is 0 Å². The van der Waals surface area contributed by atoms with Gasteiger partial charge in [-0.15, -0.1) is 0 Å². The Hall–Kier alpha value is -1.42. The number of carbonyl (C=O) groups excluding carboxylic acids is 1. The summed E-state index contributed by atoms with van der Waals surface area (Å²) >= 11 is 0. The molecule has 3 atom stereocenters. The standard InChI is InChI=1S/C16H21FN2O/c1-3-15-14-8-18-7-11(14)9-19(15)16(20)13-5-4-12(17)6-10(13)2/h4-6,11,14-15,18H,3,7-9H2,1-2H3. The van der Waals surface area contributed by atoms with Gasteiger partial charge in [0, 0.05) is 31.2 Å². The highest BCUT2D eigenvalue weighted by molar-refractivity contribution is 5.96. The largest absolute Gasteiger partial charge is 0.335 e. The predicted octanol–water partition coefficient (Wildman–Crippen LogP) is 2.20. The molecule has 2 aliphatic rings. The highest BCUT2D eigenvalue weighted by Gasteiger charge is 2.45. The van der Waals surface area contributed by atoms with Crippen molar-refractivity contribution in [2.75, 3.05) is 19.6 Å². The van der Waals surface area contributed by atoms with E-state index in [0.29, 0.717) is 23.4 Å². The van der Waals surface area contributed by atoms with Crippen molar-refractivity contribution in [1.29, 1.82) is 0 Å². The van der Waals surface area contributed by atoms with Crippen LogP contribution in [-0.4, -0.2) is 36.5 Å². The number of nitrogens with one attached hydrogen (secondary N) is 1. The molecule has 1 aromatic rings. The molecule has 4 heteroatoms. The second-order valence-corrected chi connectivity index (χ2v) is 5.97. The normalized spacial score (nSPS) is 28.8. The van der Waals surface area contributed by atoms with Crippen LogP contribution in [0.25, 0.3) is 0 Å². The number of nitrogens with zero attached hydrogens (tertiary/aromatic N) is 1. The molecule has 0 saturated carbocycles. The summed E-state index contributed by atoms with van der Waals surface area (Å²) in [7, 11) is 0. The second kappa shape index (κ2) is 5.17. The molecule has 3 rings (SSSR count). The highest BCUT2D eigenvalue weighted by atomic mass is 19.1. The van der Waals surface area contributed by atoms with E-state index >= 15 is 0 Å². The molecule has 0 spiro atoms. The Bertz CT molecular complexity index is 531. The molecule has 2 aliphatic heterocycles. The molecule has 3 nitrogen and oxygen atoms in total. The molecule has 1 N–H and O–H groups in total. The van der Waals surface area contributed by atoms with Crippen molar-refractivity contribution in [3.63, 3.8) is 0 Å². The number of benzene rings is 1. The fourth-order valence-electron chi connectivity index (χ4n) is 3.80. The quantitative estimate of drug-likeness (QED) is 0.898.